The molecule has 4 N–H and O–H groups in total. The summed E-state index contributed by atoms with van der Waals surface area (Å²) in [5.41, 5.74) is 10.7. The molecule has 0 unspecified atom stereocenters. The van der Waals surface area contributed by atoms with Gasteiger partial charge in [0.05, 0.1) is 5.92 Å². The molecule has 0 radical (unpaired) electrons. The van der Waals surface area contributed by atoms with Crippen LogP contribution < -0.4 is 16.6 Å². The summed E-state index contributed by atoms with van der Waals surface area (Å²) in [5, 5.41) is 0. The minimum absolute atomic E-state index is 0.0876. The van der Waals surface area contributed by atoms with E-state index in [9.17, 15) is 14.4 Å². The maximum atomic E-state index is 13.7. The van der Waals surface area contributed by atoms with Gasteiger partial charge in [-0.2, -0.15) is 0 Å². The second kappa shape index (κ2) is 13.0. The topological polar surface area (TPSA) is 111 Å². The lowest BCUT2D eigenvalue weighted by Crippen LogP contribution is -2.59. The van der Waals surface area contributed by atoms with E-state index in [1.807, 2.05) is 80.6 Å². The van der Waals surface area contributed by atoms with Crippen molar-refractivity contribution in [3.8, 4) is 0 Å². The Morgan fingerprint density at radius 2 is 1.56 bits per heavy atom. The third-order valence-corrected chi connectivity index (χ3v) is 5.68. The number of ether oxygens (including phenoxy) is 1. The Morgan fingerprint density at radius 3 is 2.08 bits per heavy atom. The van der Waals surface area contributed by atoms with Crippen LogP contribution in [0.4, 0.5) is 0 Å². The molecule has 2 atom stereocenters. The van der Waals surface area contributed by atoms with Crippen LogP contribution in [0.5, 0.6) is 0 Å². The Bertz CT molecular complexity index is 1030. The van der Waals surface area contributed by atoms with Crippen LogP contribution in [-0.2, 0) is 25.7 Å². The van der Waals surface area contributed by atoms with E-state index in [1.54, 1.807) is 26.8 Å². The lowest BCUT2D eigenvalue weighted by molar-refractivity contribution is -0.172. The zero-order chi connectivity index (χ0) is 26.8. The van der Waals surface area contributed by atoms with Gasteiger partial charge in [-0.25, -0.2) is 5.43 Å². The van der Waals surface area contributed by atoms with Crippen molar-refractivity contribution in [2.75, 3.05) is 0 Å². The fourth-order valence-corrected chi connectivity index (χ4v) is 4.13. The van der Waals surface area contributed by atoms with Crippen molar-refractivity contribution in [2.24, 2.45) is 23.0 Å². The first-order chi connectivity index (χ1) is 17.0. The SMILES string of the molecule is CC(C)C[C@@](C(N)=O)(C(=O)NNCc1ccccc1)[C@H](C/C=C/c1ccccc1)C(=O)OC(C)(C)C. The van der Waals surface area contributed by atoms with Gasteiger partial charge in [-0.15, -0.1) is 0 Å². The maximum absolute atomic E-state index is 13.7. The van der Waals surface area contributed by atoms with E-state index >= 15 is 0 Å². The fourth-order valence-electron chi connectivity index (χ4n) is 4.13. The Labute approximate surface area is 214 Å². The Morgan fingerprint density at radius 1 is 0.972 bits per heavy atom. The minimum Gasteiger partial charge on any atom is -0.460 e. The fraction of sp³-hybridized carbons (Fsp3) is 0.414. The Kier molecular flexibility index (Phi) is 10.4. The number of hydrogen-bond donors (Lipinski definition) is 3. The monoisotopic (exact) mass is 493 g/mol. The van der Waals surface area contributed by atoms with Gasteiger partial charge < -0.3 is 10.5 Å². The van der Waals surface area contributed by atoms with Crippen molar-refractivity contribution in [3.05, 3.63) is 77.9 Å². The predicted octanol–water partition coefficient (Wildman–Crippen LogP) is 4.39. The highest BCUT2D eigenvalue weighted by molar-refractivity contribution is 6.07. The van der Waals surface area contributed by atoms with Gasteiger partial charge in [0, 0.05) is 6.54 Å². The maximum Gasteiger partial charge on any atom is 0.311 e. The van der Waals surface area contributed by atoms with Crippen LogP contribution in [0.2, 0.25) is 0 Å². The zero-order valence-electron chi connectivity index (χ0n) is 21.9. The molecule has 2 amide bonds. The number of nitrogens with one attached hydrogen (secondary N) is 2. The van der Waals surface area contributed by atoms with Gasteiger partial charge in [-0.05, 0) is 50.7 Å². The summed E-state index contributed by atoms with van der Waals surface area (Å²) in [4.78, 5) is 40.2. The molecule has 0 bridgehead atoms. The van der Waals surface area contributed by atoms with E-state index in [4.69, 9.17) is 10.5 Å². The van der Waals surface area contributed by atoms with Crippen LogP contribution in [0.1, 0.15) is 58.6 Å². The van der Waals surface area contributed by atoms with E-state index in [1.165, 1.54) is 0 Å². The molecular formula is C29H39N3O4. The van der Waals surface area contributed by atoms with E-state index in [-0.39, 0.29) is 18.8 Å². The van der Waals surface area contributed by atoms with Gasteiger partial charge in [-0.3, -0.25) is 19.8 Å². The van der Waals surface area contributed by atoms with Crippen LogP contribution in [0.3, 0.4) is 0 Å². The number of hydrogen-bond acceptors (Lipinski definition) is 5. The van der Waals surface area contributed by atoms with E-state index in [2.05, 4.69) is 10.9 Å². The minimum atomic E-state index is -1.82. The van der Waals surface area contributed by atoms with Crippen molar-refractivity contribution in [1.82, 2.24) is 10.9 Å². The number of hydrazine groups is 1. The summed E-state index contributed by atoms with van der Waals surface area (Å²) in [6.07, 6.45) is 3.83. The van der Waals surface area contributed by atoms with Crippen molar-refractivity contribution in [2.45, 2.75) is 59.6 Å². The van der Waals surface area contributed by atoms with Gasteiger partial charge >= 0.3 is 5.97 Å². The number of allylic oxidation sites excluding steroid dienone is 1. The quantitative estimate of drug-likeness (QED) is 0.231. The summed E-state index contributed by atoms with van der Waals surface area (Å²) in [6.45, 7) is 9.35. The molecule has 0 spiro atoms. The molecule has 0 aliphatic heterocycles. The van der Waals surface area contributed by atoms with Crippen molar-refractivity contribution < 1.29 is 19.1 Å². The normalized spacial score (nSPS) is 14.3. The number of nitrogens with two attached hydrogens (primary N) is 1. The van der Waals surface area contributed by atoms with Gasteiger partial charge in [0.25, 0.3) is 5.91 Å². The average Bonchev–Trinajstić information content (AvgIpc) is 2.80. The molecule has 0 aliphatic carbocycles. The molecule has 194 valence electrons. The average molecular weight is 494 g/mol. The van der Waals surface area contributed by atoms with Gasteiger partial charge in [0.1, 0.15) is 11.0 Å². The van der Waals surface area contributed by atoms with Crippen molar-refractivity contribution in [1.29, 1.82) is 0 Å². The molecule has 2 aromatic rings. The van der Waals surface area contributed by atoms with Gasteiger partial charge in [0.15, 0.2) is 0 Å². The Balaban J connectivity index is 2.42. The number of benzene rings is 2. The lowest BCUT2D eigenvalue weighted by Gasteiger charge is -2.37. The summed E-state index contributed by atoms with van der Waals surface area (Å²) in [6, 6.07) is 19.1. The third kappa shape index (κ3) is 8.34. The molecular weight excluding hydrogens is 454 g/mol. The highest BCUT2D eigenvalue weighted by Gasteiger charge is 2.55. The number of primary amides is 1. The predicted molar refractivity (Wildman–Crippen MR) is 142 cm³/mol. The number of carbonyl (C=O) groups excluding carboxylic acids is 3. The summed E-state index contributed by atoms with van der Waals surface area (Å²) >= 11 is 0. The molecule has 0 saturated carbocycles. The second-order valence-electron chi connectivity index (χ2n) is 10.4. The lowest BCUT2D eigenvalue weighted by atomic mass is 9.67. The molecule has 0 saturated heterocycles. The molecule has 7 nitrogen and oxygen atoms in total. The third-order valence-electron chi connectivity index (χ3n) is 5.68. The standard InChI is InChI=1S/C29H39N3O4/c1-21(2)19-29(26(30)34,27(35)32-31-20-23-15-10-7-11-16-23)24(25(33)36-28(3,4)5)18-12-17-22-13-8-6-9-14-22/h6-17,21,24,31H,18-20H2,1-5H3,(H2,30,34)(H,32,35)/b17-12+/t24-,29-/m1/s1. The van der Waals surface area contributed by atoms with Crippen LogP contribution in [-0.4, -0.2) is 23.4 Å². The van der Waals surface area contributed by atoms with Crippen LogP contribution >= 0.6 is 0 Å². The smallest absolute Gasteiger partial charge is 0.311 e. The van der Waals surface area contributed by atoms with Gasteiger partial charge in [0.2, 0.25) is 5.91 Å². The molecule has 2 aromatic carbocycles. The highest BCUT2D eigenvalue weighted by atomic mass is 16.6. The van der Waals surface area contributed by atoms with Crippen LogP contribution in [0.25, 0.3) is 6.08 Å². The van der Waals surface area contributed by atoms with Gasteiger partial charge in [-0.1, -0.05) is 86.7 Å². The summed E-state index contributed by atoms with van der Waals surface area (Å²) < 4.78 is 5.68. The summed E-state index contributed by atoms with van der Waals surface area (Å²) in [5.74, 6) is -3.36. The first-order valence-corrected chi connectivity index (χ1v) is 12.3. The molecule has 7 heteroatoms. The number of carbonyl (C=O) groups is 3. The molecule has 2 rings (SSSR count). The summed E-state index contributed by atoms with van der Waals surface area (Å²) in [7, 11) is 0. The first-order valence-electron chi connectivity index (χ1n) is 12.3. The second-order valence-corrected chi connectivity index (χ2v) is 10.4. The Hall–Kier alpha value is -3.45. The molecule has 0 heterocycles. The highest BCUT2D eigenvalue weighted by Crippen LogP contribution is 2.39. The zero-order valence-corrected chi connectivity index (χ0v) is 21.9. The molecule has 0 aromatic heterocycles. The van der Waals surface area contributed by atoms with E-state index in [0.717, 1.165) is 11.1 Å². The van der Waals surface area contributed by atoms with Crippen molar-refractivity contribution in [3.63, 3.8) is 0 Å². The van der Waals surface area contributed by atoms with E-state index < -0.39 is 34.7 Å². The van der Waals surface area contributed by atoms with Crippen molar-refractivity contribution >= 4 is 23.9 Å². The molecule has 36 heavy (non-hydrogen) atoms. The molecule has 0 fully saturated rings. The largest absolute Gasteiger partial charge is 0.460 e. The molecule has 0 aliphatic rings. The first kappa shape index (κ1) is 28.8. The number of rotatable bonds is 12. The van der Waals surface area contributed by atoms with Crippen LogP contribution in [0, 0.1) is 17.3 Å². The van der Waals surface area contributed by atoms with Crippen LogP contribution in [0.15, 0.2) is 66.7 Å². The number of amides is 2. The number of esters is 1. The van der Waals surface area contributed by atoms with E-state index in [0.29, 0.717) is 6.54 Å².